The highest BCUT2D eigenvalue weighted by molar-refractivity contribution is 5.90. The molecule has 0 spiro atoms. The van der Waals surface area contributed by atoms with E-state index in [9.17, 15) is 4.79 Å². The lowest BCUT2D eigenvalue weighted by Crippen LogP contribution is -2.36. The minimum atomic E-state index is -0.102. The number of nitrogens with one attached hydrogen (secondary N) is 3. The van der Waals surface area contributed by atoms with E-state index in [1.165, 1.54) is 5.56 Å². The summed E-state index contributed by atoms with van der Waals surface area (Å²) in [6, 6.07) is 16.6. The summed E-state index contributed by atoms with van der Waals surface area (Å²) in [5.74, 6) is 1.64. The van der Waals surface area contributed by atoms with Crippen LogP contribution in [-0.2, 0) is 11.3 Å². The number of aromatic amines is 3. The Morgan fingerprint density at radius 1 is 0.975 bits per heavy atom. The van der Waals surface area contributed by atoms with Crippen molar-refractivity contribution in [3.8, 4) is 22.4 Å². The number of benzene rings is 2. The number of hydrogen-bond donors (Lipinski definition) is 3. The first-order valence-electron chi connectivity index (χ1n) is 14.1. The fraction of sp³-hybridized carbons (Fsp3) is 0.273. The van der Waals surface area contributed by atoms with Crippen molar-refractivity contribution in [2.24, 2.45) is 5.92 Å². The minimum absolute atomic E-state index is 0.102. The molecule has 2 aromatic carbocycles. The second kappa shape index (κ2) is 10.3. The number of allylic oxidation sites excluding steroid dienone is 3. The normalized spacial score (nSPS) is 18.4. The minimum Gasteiger partial charge on any atom is -0.491 e. The van der Waals surface area contributed by atoms with Gasteiger partial charge in [-0.15, -0.1) is 0 Å². The number of pyridine rings is 1. The molecule has 2 aliphatic rings. The van der Waals surface area contributed by atoms with Gasteiger partial charge in [0.05, 0.1) is 17.5 Å². The largest absolute Gasteiger partial charge is 0.491 e. The van der Waals surface area contributed by atoms with E-state index in [1.807, 2.05) is 24.4 Å². The molecule has 1 saturated heterocycles. The van der Waals surface area contributed by atoms with Crippen molar-refractivity contribution in [2.45, 2.75) is 38.8 Å². The Morgan fingerprint density at radius 3 is 2.60 bits per heavy atom. The molecule has 7 nitrogen and oxygen atoms in total. The lowest BCUT2D eigenvalue weighted by molar-refractivity contribution is 0.0522. The van der Waals surface area contributed by atoms with Crippen LogP contribution >= 0.6 is 0 Å². The van der Waals surface area contributed by atoms with E-state index in [0.717, 1.165) is 83.3 Å². The number of ether oxygens (including phenoxy) is 1. The SMILES string of the molecule is CC1C=CC(OC2CCN(Cc3ccc4[nH]c(-c5cc6cc(-c7cn[nH]c7)ccc6[nH]c5=O)cc4c3)CC2)=CC1. The van der Waals surface area contributed by atoms with Gasteiger partial charge in [0, 0.05) is 47.8 Å². The van der Waals surface area contributed by atoms with Crippen LogP contribution < -0.4 is 5.56 Å². The summed E-state index contributed by atoms with van der Waals surface area (Å²) >= 11 is 0. The number of fused-ring (bicyclic) bond motifs is 2. The first-order chi connectivity index (χ1) is 19.6. The Kier molecular flexibility index (Phi) is 6.36. The highest BCUT2D eigenvalue weighted by atomic mass is 16.5. The fourth-order valence-corrected chi connectivity index (χ4v) is 5.85. The van der Waals surface area contributed by atoms with Gasteiger partial charge in [-0.05, 0) is 90.2 Å². The summed E-state index contributed by atoms with van der Waals surface area (Å²) in [4.78, 5) is 22.0. The van der Waals surface area contributed by atoms with E-state index in [0.29, 0.717) is 17.6 Å². The van der Waals surface area contributed by atoms with Crippen molar-refractivity contribution >= 4 is 21.8 Å². The van der Waals surface area contributed by atoms with Crippen molar-refractivity contribution in [1.29, 1.82) is 0 Å². The van der Waals surface area contributed by atoms with Gasteiger partial charge in [0.2, 0.25) is 0 Å². The van der Waals surface area contributed by atoms with Gasteiger partial charge in [0.25, 0.3) is 5.56 Å². The molecule has 1 aliphatic carbocycles. The molecule has 3 aromatic heterocycles. The summed E-state index contributed by atoms with van der Waals surface area (Å²) in [6.07, 6.45) is 13.7. The lowest BCUT2D eigenvalue weighted by Gasteiger charge is -2.32. The maximum absolute atomic E-state index is 13.0. The van der Waals surface area contributed by atoms with Gasteiger partial charge in [0.15, 0.2) is 0 Å². The maximum atomic E-state index is 13.0. The van der Waals surface area contributed by atoms with Crippen LogP contribution in [0, 0.1) is 5.92 Å². The van der Waals surface area contributed by atoms with Crippen molar-refractivity contribution in [2.75, 3.05) is 13.1 Å². The Morgan fingerprint density at radius 2 is 1.80 bits per heavy atom. The average Bonchev–Trinajstić information content (AvgIpc) is 3.65. The Balaban J connectivity index is 1.06. The molecule has 40 heavy (non-hydrogen) atoms. The first-order valence-corrected chi connectivity index (χ1v) is 14.1. The molecule has 0 amide bonds. The molecular weight excluding hydrogens is 498 g/mol. The molecule has 0 bridgehead atoms. The van der Waals surface area contributed by atoms with Crippen LogP contribution in [0.2, 0.25) is 0 Å². The molecule has 4 heterocycles. The van der Waals surface area contributed by atoms with E-state index in [-0.39, 0.29) is 5.56 Å². The summed E-state index contributed by atoms with van der Waals surface area (Å²) in [5.41, 5.74) is 6.54. The zero-order chi connectivity index (χ0) is 27.1. The molecule has 5 aromatic rings. The summed E-state index contributed by atoms with van der Waals surface area (Å²) in [7, 11) is 0. The molecule has 3 N–H and O–H groups in total. The molecule has 1 aliphatic heterocycles. The molecule has 1 atom stereocenters. The number of nitrogens with zero attached hydrogens (tertiary/aromatic N) is 2. The smallest absolute Gasteiger partial charge is 0.257 e. The third-order valence-electron chi connectivity index (χ3n) is 8.17. The van der Waals surface area contributed by atoms with Crippen LogP contribution in [0.1, 0.15) is 31.7 Å². The van der Waals surface area contributed by atoms with E-state index in [4.69, 9.17) is 4.74 Å². The molecule has 202 valence electrons. The molecular formula is C33H33N5O2. The zero-order valence-corrected chi connectivity index (χ0v) is 22.6. The van der Waals surface area contributed by atoms with E-state index >= 15 is 0 Å². The molecule has 1 unspecified atom stereocenters. The van der Waals surface area contributed by atoms with Crippen LogP contribution in [-0.4, -0.2) is 44.3 Å². The van der Waals surface area contributed by atoms with Crippen molar-refractivity contribution in [1.82, 2.24) is 25.1 Å². The molecule has 0 radical (unpaired) electrons. The monoisotopic (exact) mass is 531 g/mol. The Labute approximate surface area is 232 Å². The van der Waals surface area contributed by atoms with Crippen molar-refractivity contribution in [3.05, 3.63) is 101 Å². The molecule has 7 rings (SSSR count). The number of likely N-dealkylation sites (tertiary alicyclic amines) is 1. The standard InChI is InChI=1S/C33H33N5O2/c1-21-2-6-27(7-3-21)40-28-10-12-38(13-11-28)20-22-4-8-30-24(14-22)17-32(36-30)29-16-25-15-23(26-18-34-35-19-26)5-9-31(25)37-33(29)39/h2,4-9,14-19,21,28,36H,3,10-13,20H2,1H3,(H,34,35)(H,37,39). The summed E-state index contributed by atoms with van der Waals surface area (Å²) in [5, 5.41) is 9.00. The van der Waals surface area contributed by atoms with Gasteiger partial charge in [-0.25, -0.2) is 0 Å². The third-order valence-corrected chi connectivity index (χ3v) is 8.17. The van der Waals surface area contributed by atoms with Crippen LogP contribution in [0.5, 0.6) is 0 Å². The Bertz CT molecular complexity index is 1790. The van der Waals surface area contributed by atoms with E-state index in [2.05, 4.69) is 80.5 Å². The van der Waals surface area contributed by atoms with Crippen molar-refractivity contribution in [3.63, 3.8) is 0 Å². The summed E-state index contributed by atoms with van der Waals surface area (Å²) < 4.78 is 6.25. The predicted molar refractivity (Wildman–Crippen MR) is 160 cm³/mol. The zero-order valence-electron chi connectivity index (χ0n) is 22.6. The van der Waals surface area contributed by atoms with E-state index in [1.54, 1.807) is 6.20 Å². The molecule has 7 heteroatoms. The number of rotatable bonds is 6. The quantitative estimate of drug-likeness (QED) is 0.232. The second-order valence-electron chi connectivity index (χ2n) is 11.2. The van der Waals surface area contributed by atoms with E-state index < -0.39 is 0 Å². The van der Waals surface area contributed by atoms with Crippen molar-refractivity contribution < 1.29 is 4.74 Å². The number of hydrogen-bond acceptors (Lipinski definition) is 4. The topological polar surface area (TPSA) is 89.8 Å². The number of aromatic nitrogens is 4. The van der Waals surface area contributed by atoms with Crippen LogP contribution in [0.3, 0.4) is 0 Å². The predicted octanol–water partition coefficient (Wildman–Crippen LogP) is 6.53. The third kappa shape index (κ3) is 5.00. The molecule has 0 saturated carbocycles. The highest BCUT2D eigenvalue weighted by Crippen LogP contribution is 2.28. The fourth-order valence-electron chi connectivity index (χ4n) is 5.85. The van der Waals surface area contributed by atoms with Gasteiger partial charge in [-0.2, -0.15) is 5.10 Å². The number of H-pyrrole nitrogens is 3. The number of piperidine rings is 1. The second-order valence-corrected chi connectivity index (χ2v) is 11.2. The summed E-state index contributed by atoms with van der Waals surface area (Å²) in [6.45, 7) is 5.20. The van der Waals surface area contributed by atoms with Crippen LogP contribution in [0.4, 0.5) is 0 Å². The van der Waals surface area contributed by atoms with Gasteiger partial charge in [-0.1, -0.05) is 25.1 Å². The molecule has 1 fully saturated rings. The van der Waals surface area contributed by atoms with Crippen LogP contribution in [0.25, 0.3) is 44.2 Å². The average molecular weight is 532 g/mol. The maximum Gasteiger partial charge on any atom is 0.257 e. The van der Waals surface area contributed by atoms with Gasteiger partial charge in [0.1, 0.15) is 11.9 Å². The van der Waals surface area contributed by atoms with Gasteiger partial charge >= 0.3 is 0 Å². The van der Waals surface area contributed by atoms with Gasteiger partial charge in [-0.3, -0.25) is 14.8 Å². The van der Waals surface area contributed by atoms with Gasteiger partial charge < -0.3 is 14.7 Å². The first kappa shape index (κ1) is 24.7. The Hall–Kier alpha value is -4.36. The van der Waals surface area contributed by atoms with Crippen LogP contribution in [0.15, 0.2) is 89.7 Å². The lowest BCUT2D eigenvalue weighted by atomic mass is 10.0. The highest BCUT2D eigenvalue weighted by Gasteiger charge is 2.21.